The second kappa shape index (κ2) is 7.09. The highest BCUT2D eigenvalue weighted by atomic mass is 35.5. The van der Waals surface area contributed by atoms with E-state index in [1.54, 1.807) is 0 Å². The van der Waals surface area contributed by atoms with Gasteiger partial charge in [0.05, 0.1) is 21.2 Å². The molecule has 8 heteroatoms. The number of rotatable bonds is 5. The van der Waals surface area contributed by atoms with Gasteiger partial charge >= 0.3 is 5.97 Å². The van der Waals surface area contributed by atoms with Crippen LogP contribution in [-0.2, 0) is 21.1 Å². The number of benzene rings is 2. The maximum Gasteiger partial charge on any atom is 0.337 e. The Balaban J connectivity index is 1.96. The third kappa shape index (κ3) is 3.73. The number of hydrogen-bond donors (Lipinski definition) is 1. The monoisotopic (exact) mass is 393 g/mol. The number of halogens is 1. The van der Waals surface area contributed by atoms with E-state index in [4.69, 9.17) is 16.4 Å². The molecule has 0 fully saturated rings. The van der Waals surface area contributed by atoms with E-state index in [0.29, 0.717) is 18.6 Å². The summed E-state index contributed by atoms with van der Waals surface area (Å²) in [6.45, 7) is 0. The summed E-state index contributed by atoms with van der Waals surface area (Å²) in [5.74, 6) is -1.24. The molecule has 0 saturated heterocycles. The van der Waals surface area contributed by atoms with E-state index >= 15 is 0 Å². The van der Waals surface area contributed by atoms with Crippen molar-refractivity contribution in [3.05, 3.63) is 64.2 Å². The smallest absolute Gasteiger partial charge is 0.337 e. The molecule has 0 spiro atoms. The number of hydrogen-bond acceptors (Lipinski definition) is 5. The van der Waals surface area contributed by atoms with Crippen molar-refractivity contribution in [1.29, 1.82) is 0 Å². The number of carboxylic acid groups (broad SMARTS) is 1. The Morgan fingerprint density at radius 2 is 1.96 bits per heavy atom. The molecule has 0 aromatic heterocycles. The lowest BCUT2D eigenvalue weighted by Crippen LogP contribution is -2.15. The minimum absolute atomic E-state index is 0.0600. The molecule has 2 aromatic carbocycles. The highest BCUT2D eigenvalue weighted by Gasteiger charge is 2.30. The van der Waals surface area contributed by atoms with E-state index in [1.165, 1.54) is 12.1 Å². The first-order chi connectivity index (χ1) is 12.3. The highest BCUT2D eigenvalue weighted by molar-refractivity contribution is 7.90. The number of aromatic carboxylic acids is 1. The quantitative estimate of drug-likeness (QED) is 0.842. The van der Waals surface area contributed by atoms with Crippen molar-refractivity contribution in [2.45, 2.75) is 23.8 Å². The van der Waals surface area contributed by atoms with Gasteiger partial charge in [-0.25, -0.2) is 13.2 Å². The van der Waals surface area contributed by atoms with E-state index in [-0.39, 0.29) is 27.1 Å². The molecule has 1 N–H and O–H groups in total. The SMILES string of the molecule is CS(=O)(=O)c1ccc(C(=O)O)c(Cl)c1C1=NOC(Cc2ccccc2)C1. The van der Waals surface area contributed by atoms with Gasteiger partial charge in [0, 0.05) is 24.7 Å². The minimum atomic E-state index is -3.63. The van der Waals surface area contributed by atoms with E-state index < -0.39 is 15.8 Å². The molecule has 0 aliphatic carbocycles. The number of carboxylic acids is 1. The lowest BCUT2D eigenvalue weighted by Gasteiger charge is -2.12. The average molecular weight is 394 g/mol. The molecule has 6 nitrogen and oxygen atoms in total. The summed E-state index contributed by atoms with van der Waals surface area (Å²) in [5, 5.41) is 13.1. The Kier molecular flexibility index (Phi) is 5.02. The zero-order valence-electron chi connectivity index (χ0n) is 13.8. The zero-order chi connectivity index (χ0) is 18.9. The van der Waals surface area contributed by atoms with Crippen molar-refractivity contribution in [3.8, 4) is 0 Å². The third-order valence-corrected chi connectivity index (χ3v) is 5.59. The van der Waals surface area contributed by atoms with Crippen LogP contribution in [0.4, 0.5) is 0 Å². The first kappa shape index (κ1) is 18.4. The molecule has 26 heavy (non-hydrogen) atoms. The summed E-state index contributed by atoms with van der Waals surface area (Å²) in [7, 11) is -3.63. The van der Waals surface area contributed by atoms with E-state index in [1.807, 2.05) is 30.3 Å². The lowest BCUT2D eigenvalue weighted by molar-refractivity contribution is 0.0697. The molecular weight excluding hydrogens is 378 g/mol. The van der Waals surface area contributed by atoms with Crippen LogP contribution in [0.25, 0.3) is 0 Å². The van der Waals surface area contributed by atoms with Gasteiger partial charge in [-0.1, -0.05) is 47.1 Å². The highest BCUT2D eigenvalue weighted by Crippen LogP contribution is 2.32. The van der Waals surface area contributed by atoms with Crippen LogP contribution >= 0.6 is 11.6 Å². The first-order valence-electron chi connectivity index (χ1n) is 7.80. The summed E-state index contributed by atoms with van der Waals surface area (Å²) < 4.78 is 24.2. The number of sulfone groups is 1. The second-order valence-corrected chi connectivity index (χ2v) is 8.40. The van der Waals surface area contributed by atoms with E-state index in [0.717, 1.165) is 11.8 Å². The average Bonchev–Trinajstić information content (AvgIpc) is 3.02. The Hall–Kier alpha value is -2.38. The maximum atomic E-state index is 12.1. The largest absolute Gasteiger partial charge is 0.478 e. The normalized spacial score (nSPS) is 16.8. The van der Waals surface area contributed by atoms with Crippen LogP contribution in [0.15, 0.2) is 52.5 Å². The summed E-state index contributed by atoms with van der Waals surface area (Å²) in [5.41, 5.74) is 1.31. The van der Waals surface area contributed by atoms with Gasteiger partial charge in [0.1, 0.15) is 6.10 Å². The Labute approximate surface area is 156 Å². The van der Waals surface area contributed by atoms with Crippen LogP contribution < -0.4 is 0 Å². The number of oxime groups is 1. The Morgan fingerprint density at radius 1 is 1.27 bits per heavy atom. The minimum Gasteiger partial charge on any atom is -0.478 e. The fourth-order valence-corrected chi connectivity index (χ4v) is 4.18. The molecule has 0 radical (unpaired) electrons. The van der Waals surface area contributed by atoms with Crippen molar-refractivity contribution < 1.29 is 23.2 Å². The van der Waals surface area contributed by atoms with Gasteiger partial charge in [-0.05, 0) is 17.7 Å². The Morgan fingerprint density at radius 3 is 2.58 bits per heavy atom. The van der Waals surface area contributed by atoms with Gasteiger partial charge in [0.15, 0.2) is 9.84 Å². The van der Waals surface area contributed by atoms with Crippen LogP contribution in [0, 0.1) is 0 Å². The van der Waals surface area contributed by atoms with Crippen LogP contribution in [0.5, 0.6) is 0 Å². The van der Waals surface area contributed by atoms with Crippen molar-refractivity contribution in [3.63, 3.8) is 0 Å². The molecule has 1 aliphatic rings. The predicted octanol–water partition coefficient (Wildman–Crippen LogP) is 3.18. The van der Waals surface area contributed by atoms with Gasteiger partial charge in [-0.2, -0.15) is 0 Å². The van der Waals surface area contributed by atoms with Crippen LogP contribution in [-0.4, -0.2) is 37.6 Å². The van der Waals surface area contributed by atoms with E-state index in [2.05, 4.69) is 5.16 Å². The second-order valence-electron chi connectivity index (χ2n) is 6.04. The van der Waals surface area contributed by atoms with Gasteiger partial charge in [0.25, 0.3) is 0 Å². The van der Waals surface area contributed by atoms with Crippen LogP contribution in [0.1, 0.15) is 27.9 Å². The molecule has 1 heterocycles. The van der Waals surface area contributed by atoms with Crippen LogP contribution in [0.3, 0.4) is 0 Å². The third-order valence-electron chi connectivity index (χ3n) is 4.06. The van der Waals surface area contributed by atoms with E-state index in [9.17, 15) is 18.3 Å². The molecular formula is C18H16ClNO5S. The number of nitrogens with zero attached hydrogens (tertiary/aromatic N) is 1. The van der Waals surface area contributed by atoms with Crippen molar-refractivity contribution in [2.24, 2.45) is 5.16 Å². The molecule has 3 rings (SSSR count). The number of carbonyl (C=O) groups is 1. The van der Waals surface area contributed by atoms with Gasteiger partial charge in [0.2, 0.25) is 0 Å². The molecule has 136 valence electrons. The maximum absolute atomic E-state index is 12.1. The van der Waals surface area contributed by atoms with Crippen molar-refractivity contribution in [1.82, 2.24) is 0 Å². The summed E-state index contributed by atoms with van der Waals surface area (Å²) in [6, 6.07) is 12.1. The van der Waals surface area contributed by atoms with Crippen molar-refractivity contribution in [2.75, 3.05) is 6.26 Å². The molecule has 2 aromatic rings. The molecule has 1 atom stereocenters. The summed E-state index contributed by atoms with van der Waals surface area (Å²) in [4.78, 5) is 16.7. The zero-order valence-corrected chi connectivity index (χ0v) is 15.4. The Bertz CT molecular complexity index is 986. The standard InChI is InChI=1S/C18H16ClNO5S/c1-26(23,24)15-8-7-13(18(21)22)17(19)16(15)14-10-12(25-20-14)9-11-5-3-2-4-6-11/h2-8,12H,9-10H2,1H3,(H,21,22). The molecule has 1 aliphatic heterocycles. The van der Waals surface area contributed by atoms with Gasteiger partial charge in [-0.15, -0.1) is 0 Å². The first-order valence-corrected chi connectivity index (χ1v) is 10.1. The topological polar surface area (TPSA) is 93.0 Å². The molecule has 1 unspecified atom stereocenters. The van der Waals surface area contributed by atoms with Crippen molar-refractivity contribution >= 4 is 33.1 Å². The van der Waals surface area contributed by atoms with Crippen LogP contribution in [0.2, 0.25) is 5.02 Å². The molecule has 0 amide bonds. The molecule has 0 saturated carbocycles. The fourth-order valence-electron chi connectivity index (χ4n) is 2.86. The molecule has 0 bridgehead atoms. The van der Waals surface area contributed by atoms with Gasteiger partial charge in [-0.3, -0.25) is 0 Å². The summed E-state index contributed by atoms with van der Waals surface area (Å²) in [6.07, 6.45) is 1.70. The predicted molar refractivity (Wildman–Crippen MR) is 97.7 cm³/mol. The fraction of sp³-hybridized carbons (Fsp3) is 0.222. The van der Waals surface area contributed by atoms with Gasteiger partial charge < -0.3 is 9.94 Å². The lowest BCUT2D eigenvalue weighted by atomic mass is 9.99. The summed E-state index contributed by atoms with van der Waals surface area (Å²) >= 11 is 6.22.